The SMILES string of the molecule is CCNCc1ccc(Oc2cc(F)ccc2C)nn1. The summed E-state index contributed by atoms with van der Waals surface area (Å²) in [5.74, 6) is 0.472. The van der Waals surface area contributed by atoms with Crippen molar-refractivity contribution >= 4 is 0 Å². The zero-order valence-corrected chi connectivity index (χ0v) is 11.0. The average Bonchev–Trinajstić information content (AvgIpc) is 2.42. The van der Waals surface area contributed by atoms with Crippen molar-refractivity contribution in [2.75, 3.05) is 6.54 Å². The van der Waals surface area contributed by atoms with E-state index in [9.17, 15) is 4.39 Å². The summed E-state index contributed by atoms with van der Waals surface area (Å²) in [5.41, 5.74) is 1.69. The number of hydrogen-bond donors (Lipinski definition) is 1. The standard InChI is InChI=1S/C14H16FN3O/c1-3-16-9-12-6-7-14(18-17-12)19-13-8-11(15)5-4-10(13)2/h4-8,16H,3,9H2,1-2H3. The first-order valence-electron chi connectivity index (χ1n) is 6.16. The topological polar surface area (TPSA) is 47.0 Å². The molecule has 0 aliphatic carbocycles. The lowest BCUT2D eigenvalue weighted by molar-refractivity contribution is 0.445. The summed E-state index contributed by atoms with van der Waals surface area (Å²) in [7, 11) is 0. The van der Waals surface area contributed by atoms with E-state index in [0.29, 0.717) is 18.2 Å². The maximum absolute atomic E-state index is 13.1. The van der Waals surface area contributed by atoms with Gasteiger partial charge in [-0.2, -0.15) is 5.10 Å². The second kappa shape index (κ2) is 6.24. The van der Waals surface area contributed by atoms with Gasteiger partial charge in [-0.15, -0.1) is 5.10 Å². The molecule has 0 unspecified atom stereocenters. The minimum Gasteiger partial charge on any atom is -0.437 e. The Morgan fingerprint density at radius 3 is 2.74 bits per heavy atom. The van der Waals surface area contributed by atoms with Gasteiger partial charge in [-0.3, -0.25) is 0 Å². The summed E-state index contributed by atoms with van der Waals surface area (Å²) in [6.07, 6.45) is 0. The predicted octanol–water partition coefficient (Wildman–Crippen LogP) is 2.83. The molecule has 4 nitrogen and oxygen atoms in total. The Morgan fingerprint density at radius 2 is 2.05 bits per heavy atom. The fourth-order valence-corrected chi connectivity index (χ4v) is 1.55. The van der Waals surface area contributed by atoms with Crippen molar-refractivity contribution in [2.24, 2.45) is 0 Å². The Kier molecular flexibility index (Phi) is 4.41. The second-order valence-electron chi connectivity index (χ2n) is 4.16. The fraction of sp³-hybridized carbons (Fsp3) is 0.286. The van der Waals surface area contributed by atoms with Crippen LogP contribution in [0, 0.1) is 12.7 Å². The van der Waals surface area contributed by atoms with E-state index in [2.05, 4.69) is 15.5 Å². The molecule has 1 aromatic heterocycles. The van der Waals surface area contributed by atoms with Crippen LogP contribution < -0.4 is 10.1 Å². The highest BCUT2D eigenvalue weighted by Crippen LogP contribution is 2.23. The molecule has 0 atom stereocenters. The third kappa shape index (κ3) is 3.72. The largest absolute Gasteiger partial charge is 0.437 e. The van der Waals surface area contributed by atoms with Crippen molar-refractivity contribution in [2.45, 2.75) is 20.4 Å². The fourth-order valence-electron chi connectivity index (χ4n) is 1.55. The predicted molar refractivity (Wildman–Crippen MR) is 70.6 cm³/mol. The van der Waals surface area contributed by atoms with Crippen molar-refractivity contribution in [3.63, 3.8) is 0 Å². The van der Waals surface area contributed by atoms with Crippen LogP contribution in [0.4, 0.5) is 4.39 Å². The first-order valence-corrected chi connectivity index (χ1v) is 6.16. The minimum atomic E-state index is -0.336. The van der Waals surface area contributed by atoms with Crippen LogP contribution >= 0.6 is 0 Å². The summed E-state index contributed by atoms with van der Waals surface area (Å²) in [6.45, 7) is 5.42. The minimum absolute atomic E-state index is 0.336. The van der Waals surface area contributed by atoms with Crippen molar-refractivity contribution in [3.05, 3.63) is 47.4 Å². The van der Waals surface area contributed by atoms with Crippen molar-refractivity contribution in [1.29, 1.82) is 0 Å². The number of halogens is 1. The van der Waals surface area contributed by atoms with Crippen molar-refractivity contribution < 1.29 is 9.13 Å². The van der Waals surface area contributed by atoms with Crippen LogP contribution in [0.1, 0.15) is 18.2 Å². The van der Waals surface area contributed by atoms with Crippen LogP contribution in [0.25, 0.3) is 0 Å². The Morgan fingerprint density at radius 1 is 1.21 bits per heavy atom. The molecule has 2 rings (SSSR count). The molecular weight excluding hydrogens is 245 g/mol. The van der Waals surface area contributed by atoms with Gasteiger partial charge in [0.15, 0.2) is 0 Å². The molecule has 19 heavy (non-hydrogen) atoms. The van der Waals surface area contributed by atoms with Gasteiger partial charge >= 0.3 is 0 Å². The Bertz CT molecular complexity index is 543. The zero-order valence-electron chi connectivity index (χ0n) is 11.0. The molecule has 0 bridgehead atoms. The molecule has 0 spiro atoms. The maximum atomic E-state index is 13.1. The van der Waals surface area contributed by atoms with Gasteiger partial charge in [0.25, 0.3) is 0 Å². The molecule has 0 radical (unpaired) electrons. The first-order chi connectivity index (χ1) is 9.19. The summed E-state index contributed by atoms with van der Waals surface area (Å²) in [6, 6.07) is 7.96. The Balaban J connectivity index is 2.08. The summed E-state index contributed by atoms with van der Waals surface area (Å²) >= 11 is 0. The molecule has 2 aromatic rings. The van der Waals surface area contributed by atoms with Gasteiger partial charge in [-0.05, 0) is 31.2 Å². The summed E-state index contributed by atoms with van der Waals surface area (Å²) < 4.78 is 18.6. The third-order valence-corrected chi connectivity index (χ3v) is 2.62. The number of rotatable bonds is 5. The number of aryl methyl sites for hydroxylation is 1. The van der Waals surface area contributed by atoms with Gasteiger partial charge in [0.2, 0.25) is 5.88 Å². The highest BCUT2D eigenvalue weighted by atomic mass is 19.1. The third-order valence-electron chi connectivity index (χ3n) is 2.62. The quantitative estimate of drug-likeness (QED) is 0.899. The molecule has 0 aliphatic heterocycles. The lowest BCUT2D eigenvalue weighted by Crippen LogP contribution is -2.13. The van der Waals surface area contributed by atoms with E-state index in [0.717, 1.165) is 17.8 Å². The first kappa shape index (κ1) is 13.4. The lowest BCUT2D eigenvalue weighted by atomic mass is 10.2. The number of hydrogen-bond acceptors (Lipinski definition) is 4. The van der Waals surface area contributed by atoms with Crippen LogP contribution in [0.5, 0.6) is 11.6 Å². The second-order valence-corrected chi connectivity index (χ2v) is 4.16. The number of nitrogens with zero attached hydrogens (tertiary/aromatic N) is 2. The van der Waals surface area contributed by atoms with Crippen LogP contribution in [-0.4, -0.2) is 16.7 Å². The van der Waals surface area contributed by atoms with E-state index in [-0.39, 0.29) is 5.82 Å². The van der Waals surface area contributed by atoms with Gasteiger partial charge in [-0.25, -0.2) is 4.39 Å². The van der Waals surface area contributed by atoms with Crippen LogP contribution in [0.3, 0.4) is 0 Å². The highest BCUT2D eigenvalue weighted by molar-refractivity contribution is 5.35. The van der Waals surface area contributed by atoms with E-state index >= 15 is 0 Å². The monoisotopic (exact) mass is 261 g/mol. The number of aromatic nitrogens is 2. The maximum Gasteiger partial charge on any atom is 0.238 e. The highest BCUT2D eigenvalue weighted by Gasteiger charge is 2.05. The molecule has 0 fully saturated rings. The molecule has 0 saturated heterocycles. The summed E-state index contributed by atoms with van der Waals surface area (Å²) in [5, 5.41) is 11.2. The summed E-state index contributed by atoms with van der Waals surface area (Å²) in [4.78, 5) is 0. The lowest BCUT2D eigenvalue weighted by Gasteiger charge is -2.07. The molecule has 0 amide bonds. The smallest absolute Gasteiger partial charge is 0.238 e. The molecular formula is C14H16FN3O. The molecule has 0 aliphatic rings. The van der Waals surface area contributed by atoms with E-state index in [4.69, 9.17) is 4.74 Å². The number of benzene rings is 1. The van der Waals surface area contributed by atoms with E-state index in [1.54, 1.807) is 12.1 Å². The normalized spacial score (nSPS) is 10.5. The molecule has 1 aromatic carbocycles. The van der Waals surface area contributed by atoms with Crippen molar-refractivity contribution in [1.82, 2.24) is 15.5 Å². The van der Waals surface area contributed by atoms with Crippen LogP contribution in [0.2, 0.25) is 0 Å². The van der Waals surface area contributed by atoms with Crippen LogP contribution in [0.15, 0.2) is 30.3 Å². The zero-order chi connectivity index (χ0) is 13.7. The van der Waals surface area contributed by atoms with E-state index < -0.39 is 0 Å². The molecule has 100 valence electrons. The molecule has 1 heterocycles. The molecule has 1 N–H and O–H groups in total. The Labute approximate surface area is 111 Å². The van der Waals surface area contributed by atoms with E-state index in [1.165, 1.54) is 12.1 Å². The molecule has 0 saturated carbocycles. The van der Waals surface area contributed by atoms with Gasteiger partial charge in [0.1, 0.15) is 11.6 Å². The van der Waals surface area contributed by atoms with Crippen molar-refractivity contribution in [3.8, 4) is 11.6 Å². The molecule has 5 heteroatoms. The van der Waals surface area contributed by atoms with Crippen LogP contribution in [-0.2, 0) is 6.54 Å². The number of nitrogens with one attached hydrogen (secondary N) is 1. The Hall–Kier alpha value is -2.01. The van der Waals surface area contributed by atoms with Gasteiger partial charge in [0.05, 0.1) is 5.69 Å². The van der Waals surface area contributed by atoms with E-state index in [1.807, 2.05) is 19.9 Å². The van der Waals surface area contributed by atoms with Gasteiger partial charge in [-0.1, -0.05) is 13.0 Å². The number of ether oxygens (including phenoxy) is 1. The van der Waals surface area contributed by atoms with Gasteiger partial charge in [0, 0.05) is 18.7 Å². The average molecular weight is 261 g/mol. The van der Waals surface area contributed by atoms with Gasteiger partial charge < -0.3 is 10.1 Å².